The number of nitrogens with one attached hydrogen (secondary N) is 1. The molecule has 1 N–H and O–H groups in total. The Balaban J connectivity index is 2.16. The van der Waals surface area contributed by atoms with E-state index in [1.54, 1.807) is 25.1 Å². The van der Waals surface area contributed by atoms with Gasteiger partial charge in [0.15, 0.2) is 5.78 Å². The van der Waals surface area contributed by atoms with Gasteiger partial charge in [0.2, 0.25) is 0 Å². The lowest BCUT2D eigenvalue weighted by Crippen LogP contribution is -2.09. The number of pyridine rings is 1. The minimum Gasteiger partial charge on any atom is -0.462 e. The molecule has 1 aromatic heterocycles. The van der Waals surface area contributed by atoms with Crippen LogP contribution < -0.4 is 5.32 Å². The fourth-order valence-corrected chi connectivity index (χ4v) is 2.83. The Morgan fingerprint density at radius 3 is 2.65 bits per heavy atom. The van der Waals surface area contributed by atoms with Gasteiger partial charge in [0.1, 0.15) is 5.56 Å². The van der Waals surface area contributed by atoms with Gasteiger partial charge in [0.05, 0.1) is 17.8 Å². The van der Waals surface area contributed by atoms with Crippen molar-refractivity contribution in [1.82, 2.24) is 4.98 Å². The molecule has 132 valence electrons. The fraction of sp³-hybridized carbons (Fsp3) is 0.190. The number of nitrogens with zero attached hydrogens (tertiary/aromatic N) is 1. The molecule has 0 amide bonds. The molecule has 0 aliphatic heterocycles. The molecule has 1 heterocycles. The van der Waals surface area contributed by atoms with Crippen LogP contribution in [0.1, 0.15) is 40.1 Å². The summed E-state index contributed by atoms with van der Waals surface area (Å²) < 4.78 is 5.17. The van der Waals surface area contributed by atoms with Crippen molar-refractivity contribution in [3.05, 3.63) is 65.4 Å². The van der Waals surface area contributed by atoms with Crippen molar-refractivity contribution in [2.24, 2.45) is 0 Å². The second-order valence-corrected chi connectivity index (χ2v) is 6.00. The van der Waals surface area contributed by atoms with Crippen molar-refractivity contribution < 1.29 is 14.3 Å². The van der Waals surface area contributed by atoms with Crippen LogP contribution in [0.2, 0.25) is 0 Å². The molecule has 0 radical (unpaired) electrons. The van der Waals surface area contributed by atoms with E-state index < -0.39 is 5.97 Å². The molecule has 5 heteroatoms. The molecule has 26 heavy (non-hydrogen) atoms. The molecule has 0 unspecified atom stereocenters. The first-order chi connectivity index (χ1) is 12.5. The zero-order valence-electron chi connectivity index (χ0n) is 15.0. The van der Waals surface area contributed by atoms with Crippen LogP contribution in [0.15, 0.2) is 48.7 Å². The van der Waals surface area contributed by atoms with Crippen LogP contribution in [-0.2, 0) is 4.74 Å². The smallest absolute Gasteiger partial charge is 0.341 e. The third-order valence-corrected chi connectivity index (χ3v) is 4.13. The average molecular weight is 348 g/mol. The summed E-state index contributed by atoms with van der Waals surface area (Å²) in [6.45, 7) is 5.54. The molecule has 5 nitrogen and oxygen atoms in total. The summed E-state index contributed by atoms with van der Waals surface area (Å²) in [5, 5.41) is 4.11. The van der Waals surface area contributed by atoms with Crippen LogP contribution in [-0.4, -0.2) is 23.3 Å². The number of ether oxygens (including phenoxy) is 1. The summed E-state index contributed by atoms with van der Waals surface area (Å²) in [4.78, 5) is 28.5. The highest BCUT2D eigenvalue weighted by Crippen LogP contribution is 2.31. The maximum Gasteiger partial charge on any atom is 0.341 e. The summed E-state index contributed by atoms with van der Waals surface area (Å²) in [5.74, 6) is -0.455. The van der Waals surface area contributed by atoms with Gasteiger partial charge in [-0.1, -0.05) is 30.3 Å². The maximum absolute atomic E-state index is 12.4. The lowest BCUT2D eigenvalue weighted by atomic mass is 10.1. The number of benzene rings is 2. The predicted molar refractivity (Wildman–Crippen MR) is 102 cm³/mol. The highest BCUT2D eigenvalue weighted by molar-refractivity contribution is 6.06. The zero-order chi connectivity index (χ0) is 18.7. The standard InChI is InChI=1S/C21H20N2O3/c1-4-26-21(25)18-12-22-19-13(2)7-5-10-17(19)20(18)23-16-9-6-8-15(11-16)14(3)24/h5-12H,4H2,1-3H3,(H,22,23). The van der Waals surface area contributed by atoms with Gasteiger partial charge >= 0.3 is 5.97 Å². The SMILES string of the molecule is CCOC(=O)c1cnc2c(C)cccc2c1Nc1cccc(C(C)=O)c1. The lowest BCUT2D eigenvalue weighted by molar-refractivity contribution is 0.0527. The Kier molecular flexibility index (Phi) is 4.98. The van der Waals surface area contributed by atoms with E-state index in [0.29, 0.717) is 16.8 Å². The highest BCUT2D eigenvalue weighted by Gasteiger charge is 2.17. The molecule has 0 atom stereocenters. The fourth-order valence-electron chi connectivity index (χ4n) is 2.83. The number of esters is 1. The van der Waals surface area contributed by atoms with E-state index >= 15 is 0 Å². The number of aromatic nitrogens is 1. The zero-order valence-corrected chi connectivity index (χ0v) is 15.0. The first kappa shape index (κ1) is 17.6. The number of fused-ring (bicyclic) bond motifs is 1. The van der Waals surface area contributed by atoms with E-state index in [-0.39, 0.29) is 12.4 Å². The summed E-state index contributed by atoms with van der Waals surface area (Å²) in [5.41, 5.74) is 4.12. The maximum atomic E-state index is 12.4. The quantitative estimate of drug-likeness (QED) is 0.536. The second kappa shape index (κ2) is 7.35. The summed E-state index contributed by atoms with van der Waals surface area (Å²) in [7, 11) is 0. The van der Waals surface area contributed by atoms with E-state index in [0.717, 1.165) is 22.2 Å². The van der Waals surface area contributed by atoms with Crippen molar-refractivity contribution in [1.29, 1.82) is 0 Å². The molecule has 0 spiro atoms. The van der Waals surface area contributed by atoms with Gasteiger partial charge in [0.25, 0.3) is 0 Å². The highest BCUT2D eigenvalue weighted by atomic mass is 16.5. The first-order valence-electron chi connectivity index (χ1n) is 8.44. The first-order valence-corrected chi connectivity index (χ1v) is 8.44. The summed E-state index contributed by atoms with van der Waals surface area (Å²) >= 11 is 0. The van der Waals surface area contributed by atoms with Crippen LogP contribution in [0.5, 0.6) is 0 Å². The molecule has 0 aliphatic rings. The van der Waals surface area contributed by atoms with Gasteiger partial charge in [-0.05, 0) is 38.5 Å². The molecule has 2 aromatic carbocycles. The predicted octanol–water partition coefficient (Wildman–Crippen LogP) is 4.67. The number of hydrogen-bond acceptors (Lipinski definition) is 5. The Morgan fingerprint density at radius 2 is 1.92 bits per heavy atom. The lowest BCUT2D eigenvalue weighted by Gasteiger charge is -2.15. The number of Topliss-reactive ketones (excluding diaryl/α,β-unsaturated/α-hetero) is 1. The molecule has 0 aliphatic carbocycles. The average Bonchev–Trinajstić information content (AvgIpc) is 2.63. The largest absolute Gasteiger partial charge is 0.462 e. The van der Waals surface area contributed by atoms with Gasteiger partial charge in [-0.15, -0.1) is 0 Å². The van der Waals surface area contributed by atoms with Crippen LogP contribution in [0.4, 0.5) is 11.4 Å². The minimum atomic E-state index is -0.436. The number of para-hydroxylation sites is 1. The van der Waals surface area contributed by atoms with E-state index in [1.807, 2.05) is 31.2 Å². The normalized spacial score (nSPS) is 10.6. The molecule has 0 saturated carbocycles. The number of anilines is 2. The molecule has 0 saturated heterocycles. The number of ketones is 1. The Bertz CT molecular complexity index is 996. The number of hydrogen-bond donors (Lipinski definition) is 1. The van der Waals surface area contributed by atoms with Gasteiger partial charge in [0, 0.05) is 22.8 Å². The van der Waals surface area contributed by atoms with Crippen molar-refractivity contribution in [2.75, 3.05) is 11.9 Å². The third-order valence-electron chi connectivity index (χ3n) is 4.13. The van der Waals surface area contributed by atoms with E-state index in [1.165, 1.54) is 13.1 Å². The monoisotopic (exact) mass is 348 g/mol. The van der Waals surface area contributed by atoms with Crippen molar-refractivity contribution in [3.8, 4) is 0 Å². The second-order valence-electron chi connectivity index (χ2n) is 6.00. The molecule has 3 aromatic rings. The molecule has 0 fully saturated rings. The van der Waals surface area contributed by atoms with Gasteiger partial charge in [-0.2, -0.15) is 0 Å². The van der Waals surface area contributed by atoms with Gasteiger partial charge in [-0.3, -0.25) is 9.78 Å². The van der Waals surface area contributed by atoms with E-state index in [4.69, 9.17) is 4.74 Å². The third kappa shape index (κ3) is 3.42. The van der Waals surface area contributed by atoms with Crippen LogP contribution >= 0.6 is 0 Å². The van der Waals surface area contributed by atoms with Crippen molar-refractivity contribution >= 4 is 34.0 Å². The van der Waals surface area contributed by atoms with E-state index in [9.17, 15) is 9.59 Å². The number of carbonyl (C=O) groups excluding carboxylic acids is 2. The van der Waals surface area contributed by atoms with Crippen molar-refractivity contribution in [2.45, 2.75) is 20.8 Å². The number of carbonyl (C=O) groups is 2. The number of aryl methyl sites for hydroxylation is 1. The Hall–Kier alpha value is -3.21. The molecule has 0 bridgehead atoms. The summed E-state index contributed by atoms with van der Waals surface area (Å²) in [6.07, 6.45) is 1.53. The summed E-state index contributed by atoms with van der Waals surface area (Å²) in [6, 6.07) is 13.0. The van der Waals surface area contributed by atoms with Gasteiger partial charge < -0.3 is 10.1 Å². The number of rotatable bonds is 5. The topological polar surface area (TPSA) is 68.3 Å². The Labute approximate surface area is 152 Å². The molecular weight excluding hydrogens is 328 g/mol. The molecule has 3 rings (SSSR count). The molecular formula is C21H20N2O3. The minimum absolute atomic E-state index is 0.0188. The Morgan fingerprint density at radius 1 is 1.15 bits per heavy atom. The van der Waals surface area contributed by atoms with Crippen LogP contribution in [0.25, 0.3) is 10.9 Å². The van der Waals surface area contributed by atoms with Crippen LogP contribution in [0.3, 0.4) is 0 Å². The van der Waals surface area contributed by atoms with Crippen molar-refractivity contribution in [3.63, 3.8) is 0 Å². The van der Waals surface area contributed by atoms with Crippen LogP contribution in [0, 0.1) is 6.92 Å². The van der Waals surface area contributed by atoms with Gasteiger partial charge in [-0.25, -0.2) is 4.79 Å². The van der Waals surface area contributed by atoms with E-state index in [2.05, 4.69) is 10.3 Å².